The molecular weight excluding hydrogens is 378 g/mol. The van der Waals surface area contributed by atoms with Gasteiger partial charge in [-0.2, -0.15) is 0 Å². The van der Waals surface area contributed by atoms with E-state index in [1.165, 1.54) is 25.5 Å². The molecule has 0 aliphatic rings. The van der Waals surface area contributed by atoms with Crippen molar-refractivity contribution in [2.24, 2.45) is 4.99 Å². The van der Waals surface area contributed by atoms with E-state index in [0.29, 0.717) is 17.0 Å². The lowest BCUT2D eigenvalue weighted by Gasteiger charge is -2.10. The highest BCUT2D eigenvalue weighted by Crippen LogP contribution is 2.18. The Morgan fingerprint density at radius 2 is 1.79 bits per heavy atom. The number of H-pyrrole nitrogens is 1. The molecule has 0 spiro atoms. The lowest BCUT2D eigenvalue weighted by Crippen LogP contribution is -2.31. The fraction of sp³-hybridized carbons (Fsp3) is 0.100. The van der Waals surface area contributed by atoms with E-state index < -0.39 is 23.1 Å². The highest BCUT2D eigenvalue weighted by Gasteiger charge is 2.14. The highest BCUT2D eigenvalue weighted by atomic mass is 16.5. The lowest BCUT2D eigenvalue weighted by molar-refractivity contribution is 0.0697. The lowest BCUT2D eigenvalue weighted by atomic mass is 10.1. The van der Waals surface area contributed by atoms with Crippen molar-refractivity contribution in [3.05, 3.63) is 86.1 Å². The molecule has 9 nitrogen and oxygen atoms in total. The van der Waals surface area contributed by atoms with E-state index in [4.69, 9.17) is 9.84 Å². The van der Waals surface area contributed by atoms with E-state index in [-0.39, 0.29) is 17.7 Å². The van der Waals surface area contributed by atoms with Crippen LogP contribution in [0.1, 0.15) is 21.5 Å². The van der Waals surface area contributed by atoms with Crippen molar-refractivity contribution in [1.29, 1.82) is 0 Å². The Bertz CT molecular complexity index is 1170. The number of aromatic amines is 1. The number of hydrogen-bond acceptors (Lipinski definition) is 6. The third-order valence-electron chi connectivity index (χ3n) is 4.15. The summed E-state index contributed by atoms with van der Waals surface area (Å²) in [6.07, 6.45) is 1.17. The van der Waals surface area contributed by atoms with Gasteiger partial charge in [-0.15, -0.1) is 0 Å². The molecule has 0 saturated carbocycles. The summed E-state index contributed by atoms with van der Waals surface area (Å²) in [7, 11) is 1.50. The summed E-state index contributed by atoms with van der Waals surface area (Å²) < 4.78 is 6.01. The van der Waals surface area contributed by atoms with Gasteiger partial charge in [0.15, 0.2) is 0 Å². The van der Waals surface area contributed by atoms with Gasteiger partial charge in [-0.05, 0) is 42.0 Å². The van der Waals surface area contributed by atoms with E-state index in [1.807, 2.05) is 0 Å². The Hall–Kier alpha value is -4.14. The van der Waals surface area contributed by atoms with Crippen molar-refractivity contribution in [3.8, 4) is 17.3 Å². The second-order valence-corrected chi connectivity index (χ2v) is 6.00. The van der Waals surface area contributed by atoms with Gasteiger partial charge in [0, 0.05) is 6.21 Å². The van der Waals surface area contributed by atoms with E-state index in [9.17, 15) is 19.5 Å². The number of aliphatic imine (C=N–C) groups is 1. The molecule has 0 amide bonds. The number of nitrogens with one attached hydrogen (secondary N) is 1. The van der Waals surface area contributed by atoms with Crippen molar-refractivity contribution < 1.29 is 19.7 Å². The molecule has 0 atom stereocenters. The number of ether oxygens (including phenoxy) is 1. The summed E-state index contributed by atoms with van der Waals surface area (Å²) in [4.78, 5) is 41.4. The van der Waals surface area contributed by atoms with Crippen LogP contribution in [0.25, 0.3) is 5.69 Å². The summed E-state index contributed by atoms with van der Waals surface area (Å²) in [6.45, 7) is 0.153. The maximum absolute atomic E-state index is 12.2. The first kappa shape index (κ1) is 19.6. The second-order valence-electron chi connectivity index (χ2n) is 6.00. The number of carboxylic acids is 1. The van der Waals surface area contributed by atoms with Crippen molar-refractivity contribution in [2.45, 2.75) is 6.54 Å². The maximum atomic E-state index is 12.2. The standard InChI is InChI=1S/C20H17N3O6/c1-29-15-8-6-14(7-9-15)23-18(25)16(17(24)22-20(23)28)11-21-10-12-2-4-13(5-3-12)19(26)27/h2-9,11,25H,10H2,1H3,(H,26,27)(H,22,24,28). The molecule has 0 aliphatic carbocycles. The topological polar surface area (TPSA) is 134 Å². The van der Waals surface area contributed by atoms with Crippen LogP contribution in [0.15, 0.2) is 63.1 Å². The van der Waals surface area contributed by atoms with Crippen molar-refractivity contribution in [3.63, 3.8) is 0 Å². The molecule has 3 N–H and O–H groups in total. The fourth-order valence-electron chi connectivity index (χ4n) is 2.62. The van der Waals surface area contributed by atoms with Crippen LogP contribution in [0.5, 0.6) is 11.6 Å². The number of hydrogen-bond donors (Lipinski definition) is 3. The molecule has 29 heavy (non-hydrogen) atoms. The largest absolute Gasteiger partial charge is 0.497 e. The molecule has 0 saturated heterocycles. The first-order chi connectivity index (χ1) is 13.9. The maximum Gasteiger partial charge on any atom is 0.335 e. The van der Waals surface area contributed by atoms with Gasteiger partial charge in [-0.25, -0.2) is 14.2 Å². The molecule has 148 valence electrons. The molecule has 3 rings (SSSR count). The number of nitrogens with zero attached hydrogens (tertiary/aromatic N) is 2. The highest BCUT2D eigenvalue weighted by molar-refractivity contribution is 5.87. The fourth-order valence-corrected chi connectivity index (χ4v) is 2.62. The molecule has 0 radical (unpaired) electrons. The van der Waals surface area contributed by atoms with Gasteiger partial charge in [-0.1, -0.05) is 12.1 Å². The Labute approximate surface area is 164 Å². The third kappa shape index (κ3) is 4.24. The predicted molar refractivity (Wildman–Crippen MR) is 106 cm³/mol. The molecule has 3 aromatic rings. The molecule has 0 fully saturated rings. The molecule has 2 aromatic carbocycles. The number of benzene rings is 2. The zero-order valence-electron chi connectivity index (χ0n) is 15.3. The van der Waals surface area contributed by atoms with Crippen LogP contribution < -0.4 is 16.0 Å². The molecule has 0 unspecified atom stereocenters. The van der Waals surface area contributed by atoms with Crippen LogP contribution >= 0.6 is 0 Å². The minimum absolute atomic E-state index is 0.151. The number of methoxy groups -OCH3 is 1. The molecule has 9 heteroatoms. The van der Waals surface area contributed by atoms with E-state index >= 15 is 0 Å². The van der Waals surface area contributed by atoms with Crippen LogP contribution in [-0.2, 0) is 6.54 Å². The third-order valence-corrected chi connectivity index (χ3v) is 4.15. The molecule has 1 heterocycles. The molecule has 0 aliphatic heterocycles. The van der Waals surface area contributed by atoms with E-state index in [0.717, 1.165) is 4.57 Å². The van der Waals surface area contributed by atoms with Gasteiger partial charge in [0.2, 0.25) is 5.88 Å². The number of carboxylic acid groups (broad SMARTS) is 1. The van der Waals surface area contributed by atoms with Crippen LogP contribution in [0.2, 0.25) is 0 Å². The van der Waals surface area contributed by atoms with Gasteiger partial charge in [0.05, 0.1) is 24.9 Å². The summed E-state index contributed by atoms with van der Waals surface area (Å²) in [5, 5.41) is 19.4. The van der Waals surface area contributed by atoms with Crippen LogP contribution in [-0.4, -0.2) is 39.1 Å². The quantitative estimate of drug-likeness (QED) is 0.542. The summed E-state index contributed by atoms with van der Waals surface area (Å²) in [6, 6.07) is 12.4. The normalized spacial score (nSPS) is 10.9. The van der Waals surface area contributed by atoms with Crippen molar-refractivity contribution in [2.75, 3.05) is 7.11 Å². The number of aromatic hydroxyl groups is 1. The monoisotopic (exact) mass is 395 g/mol. The Balaban J connectivity index is 1.90. The summed E-state index contributed by atoms with van der Waals surface area (Å²) >= 11 is 0. The second kappa shape index (κ2) is 8.26. The number of aromatic nitrogens is 2. The average molecular weight is 395 g/mol. The molecule has 0 bridgehead atoms. The van der Waals surface area contributed by atoms with Crippen LogP contribution in [0.4, 0.5) is 0 Å². The SMILES string of the molecule is COc1ccc(-n2c(O)c(C=NCc3ccc(C(=O)O)cc3)c(=O)[nH]c2=O)cc1. The minimum atomic E-state index is -1.03. The van der Waals surface area contributed by atoms with Gasteiger partial charge in [-0.3, -0.25) is 14.8 Å². The zero-order valence-corrected chi connectivity index (χ0v) is 15.3. The molecule has 1 aromatic heterocycles. The Morgan fingerprint density at radius 3 is 2.38 bits per heavy atom. The van der Waals surface area contributed by atoms with Gasteiger partial charge in [0.25, 0.3) is 5.56 Å². The minimum Gasteiger partial charge on any atom is -0.497 e. The van der Waals surface area contributed by atoms with Crippen molar-refractivity contribution >= 4 is 12.2 Å². The average Bonchev–Trinajstić information content (AvgIpc) is 2.71. The smallest absolute Gasteiger partial charge is 0.335 e. The predicted octanol–water partition coefficient (Wildman–Crippen LogP) is 1.56. The van der Waals surface area contributed by atoms with E-state index in [2.05, 4.69) is 9.98 Å². The number of aromatic carboxylic acids is 1. The van der Waals surface area contributed by atoms with Gasteiger partial charge in [0.1, 0.15) is 11.3 Å². The summed E-state index contributed by atoms with van der Waals surface area (Å²) in [5.74, 6) is -1.01. The first-order valence-corrected chi connectivity index (χ1v) is 8.45. The Morgan fingerprint density at radius 1 is 1.14 bits per heavy atom. The van der Waals surface area contributed by atoms with E-state index in [1.54, 1.807) is 36.4 Å². The Kier molecular flexibility index (Phi) is 5.59. The van der Waals surface area contributed by atoms with Gasteiger partial charge < -0.3 is 14.9 Å². The number of rotatable bonds is 6. The first-order valence-electron chi connectivity index (χ1n) is 8.45. The zero-order chi connectivity index (χ0) is 21.0. The van der Waals surface area contributed by atoms with Crippen LogP contribution in [0.3, 0.4) is 0 Å². The molecular formula is C20H17N3O6. The number of carbonyl (C=O) groups is 1. The van der Waals surface area contributed by atoms with Crippen LogP contribution in [0, 0.1) is 0 Å². The summed E-state index contributed by atoms with van der Waals surface area (Å²) in [5.41, 5.74) is -0.545. The van der Waals surface area contributed by atoms with Crippen molar-refractivity contribution in [1.82, 2.24) is 9.55 Å². The van der Waals surface area contributed by atoms with Gasteiger partial charge >= 0.3 is 11.7 Å².